The molecule has 2 amide bonds. The van der Waals surface area contributed by atoms with Gasteiger partial charge in [0.2, 0.25) is 5.91 Å². The number of nitrogens with one attached hydrogen (secondary N) is 1. The number of carbonyl (C=O) groups excluding carboxylic acids is 2. The van der Waals surface area contributed by atoms with Crippen molar-refractivity contribution in [3.05, 3.63) is 35.9 Å². The number of hydrogen-bond acceptors (Lipinski definition) is 4. The second kappa shape index (κ2) is 7.49. The highest BCUT2D eigenvalue weighted by molar-refractivity contribution is 5.85. The first-order valence-corrected chi connectivity index (χ1v) is 6.28. The molecule has 0 heterocycles. The van der Waals surface area contributed by atoms with Crippen LogP contribution in [-0.4, -0.2) is 48.2 Å². The molecule has 0 saturated heterocycles. The lowest BCUT2D eigenvalue weighted by Gasteiger charge is -2.23. The maximum atomic E-state index is 11.8. The molecule has 1 aromatic carbocycles. The van der Waals surface area contributed by atoms with E-state index in [1.165, 1.54) is 11.8 Å². The summed E-state index contributed by atoms with van der Waals surface area (Å²) in [6.07, 6.45) is -1.75. The van der Waals surface area contributed by atoms with Crippen LogP contribution < -0.4 is 5.32 Å². The monoisotopic (exact) mass is 280 g/mol. The second-order valence-corrected chi connectivity index (χ2v) is 4.66. The summed E-state index contributed by atoms with van der Waals surface area (Å²) in [5.74, 6) is -0.392. The molecule has 0 aliphatic carbocycles. The van der Waals surface area contributed by atoms with E-state index in [2.05, 4.69) is 5.32 Å². The Balaban J connectivity index is 2.52. The molecule has 0 saturated carbocycles. The molecular formula is C14H20N2O4. The number of carbonyl (C=O) groups is 2. The number of benzene rings is 1. The Morgan fingerprint density at radius 1 is 1.30 bits per heavy atom. The van der Waals surface area contributed by atoms with Crippen molar-refractivity contribution in [1.82, 2.24) is 10.2 Å². The Bertz CT molecular complexity index is 446. The van der Waals surface area contributed by atoms with E-state index >= 15 is 0 Å². The van der Waals surface area contributed by atoms with Gasteiger partial charge in [-0.2, -0.15) is 0 Å². The van der Waals surface area contributed by atoms with Crippen LogP contribution in [0.2, 0.25) is 0 Å². The highest BCUT2D eigenvalue weighted by Crippen LogP contribution is 2.02. The Morgan fingerprint density at radius 2 is 1.90 bits per heavy atom. The fourth-order valence-electron chi connectivity index (χ4n) is 1.56. The number of hydrogen-bond donors (Lipinski definition) is 2. The van der Waals surface area contributed by atoms with Crippen LogP contribution in [0.3, 0.4) is 0 Å². The smallest absolute Gasteiger partial charge is 0.408 e. The molecule has 6 nitrogen and oxygen atoms in total. The third-order valence-electron chi connectivity index (χ3n) is 2.68. The largest absolute Gasteiger partial charge is 0.445 e. The fourth-order valence-corrected chi connectivity index (χ4v) is 1.56. The van der Waals surface area contributed by atoms with E-state index in [9.17, 15) is 14.7 Å². The van der Waals surface area contributed by atoms with Gasteiger partial charge in [-0.05, 0) is 12.5 Å². The maximum absolute atomic E-state index is 11.8. The van der Waals surface area contributed by atoms with Crippen molar-refractivity contribution < 1.29 is 19.4 Å². The molecule has 0 fully saturated rings. The lowest BCUT2D eigenvalue weighted by atomic mass is 10.1. The van der Waals surface area contributed by atoms with Crippen molar-refractivity contribution >= 4 is 12.0 Å². The van der Waals surface area contributed by atoms with Gasteiger partial charge in [-0.25, -0.2) is 4.79 Å². The number of aliphatic hydroxyl groups is 1. The first-order valence-electron chi connectivity index (χ1n) is 6.28. The molecule has 0 aliphatic heterocycles. The third kappa shape index (κ3) is 4.89. The zero-order chi connectivity index (χ0) is 15.1. The lowest BCUT2D eigenvalue weighted by Crippen LogP contribution is -2.52. The zero-order valence-electron chi connectivity index (χ0n) is 11.9. The van der Waals surface area contributed by atoms with Crippen LogP contribution in [0.1, 0.15) is 12.5 Å². The molecular weight excluding hydrogens is 260 g/mol. The number of likely N-dealkylation sites (N-methyl/N-ethyl adjacent to an activating group) is 1. The molecule has 6 heteroatoms. The van der Waals surface area contributed by atoms with Gasteiger partial charge in [-0.1, -0.05) is 30.3 Å². The highest BCUT2D eigenvalue weighted by atomic mass is 16.5. The van der Waals surface area contributed by atoms with Gasteiger partial charge in [0.1, 0.15) is 12.6 Å². The topological polar surface area (TPSA) is 78.9 Å². The number of rotatable bonds is 5. The second-order valence-electron chi connectivity index (χ2n) is 4.66. The first kappa shape index (κ1) is 16.0. The standard InChI is InChI=1S/C14H20N2O4/c1-10(17)12(13(18)16(2)3)15-14(19)20-9-11-7-5-4-6-8-11/h4-8,10,12,17H,9H2,1-3H3,(H,15,19)/t10-,12-/m1/s1. The predicted octanol–water partition coefficient (Wildman–Crippen LogP) is 0.750. The van der Waals surface area contributed by atoms with E-state index in [4.69, 9.17) is 4.74 Å². The summed E-state index contributed by atoms with van der Waals surface area (Å²) in [6.45, 7) is 1.54. The van der Waals surface area contributed by atoms with E-state index in [0.29, 0.717) is 0 Å². The predicted molar refractivity (Wildman–Crippen MR) is 73.9 cm³/mol. The molecule has 0 radical (unpaired) electrons. The number of alkyl carbamates (subject to hydrolysis) is 1. The van der Waals surface area contributed by atoms with Gasteiger partial charge < -0.3 is 20.1 Å². The van der Waals surface area contributed by atoms with Crippen LogP contribution in [0.4, 0.5) is 4.79 Å². The van der Waals surface area contributed by atoms with E-state index < -0.39 is 24.1 Å². The van der Waals surface area contributed by atoms with E-state index in [1.54, 1.807) is 14.1 Å². The number of ether oxygens (including phenoxy) is 1. The maximum Gasteiger partial charge on any atom is 0.408 e. The summed E-state index contributed by atoms with van der Waals surface area (Å²) in [5, 5.41) is 11.9. The van der Waals surface area contributed by atoms with Crippen molar-refractivity contribution in [3.63, 3.8) is 0 Å². The molecule has 2 N–H and O–H groups in total. The third-order valence-corrected chi connectivity index (χ3v) is 2.68. The lowest BCUT2D eigenvalue weighted by molar-refractivity contribution is -0.133. The van der Waals surface area contributed by atoms with Gasteiger partial charge in [-0.3, -0.25) is 4.79 Å². The molecule has 110 valence electrons. The van der Waals surface area contributed by atoms with Gasteiger partial charge in [0.05, 0.1) is 6.10 Å². The minimum absolute atomic E-state index is 0.107. The normalized spacial score (nSPS) is 13.2. The molecule has 0 aliphatic rings. The highest BCUT2D eigenvalue weighted by Gasteiger charge is 2.27. The van der Waals surface area contributed by atoms with Crippen LogP contribution >= 0.6 is 0 Å². The molecule has 0 spiro atoms. The minimum Gasteiger partial charge on any atom is -0.445 e. The molecule has 0 bridgehead atoms. The van der Waals surface area contributed by atoms with Crippen molar-refractivity contribution in [2.75, 3.05) is 14.1 Å². The summed E-state index contributed by atoms with van der Waals surface area (Å²) >= 11 is 0. The summed E-state index contributed by atoms with van der Waals surface area (Å²) < 4.78 is 5.01. The molecule has 2 atom stereocenters. The van der Waals surface area contributed by atoms with Gasteiger partial charge in [0, 0.05) is 14.1 Å². The quantitative estimate of drug-likeness (QED) is 0.834. The average molecular weight is 280 g/mol. The van der Waals surface area contributed by atoms with Crippen LogP contribution in [0.15, 0.2) is 30.3 Å². The van der Waals surface area contributed by atoms with Crippen molar-refractivity contribution in [3.8, 4) is 0 Å². The number of aliphatic hydroxyl groups excluding tert-OH is 1. The van der Waals surface area contributed by atoms with Crippen LogP contribution in [-0.2, 0) is 16.1 Å². The molecule has 1 aromatic rings. The van der Waals surface area contributed by atoms with Crippen LogP contribution in [0.5, 0.6) is 0 Å². The Labute approximate surface area is 118 Å². The van der Waals surface area contributed by atoms with Gasteiger partial charge >= 0.3 is 6.09 Å². The van der Waals surface area contributed by atoms with Crippen molar-refractivity contribution in [2.45, 2.75) is 25.7 Å². The zero-order valence-corrected chi connectivity index (χ0v) is 11.9. The van der Waals surface area contributed by atoms with Crippen LogP contribution in [0, 0.1) is 0 Å². The Morgan fingerprint density at radius 3 is 2.40 bits per heavy atom. The van der Waals surface area contributed by atoms with Gasteiger partial charge in [0.25, 0.3) is 0 Å². The molecule has 0 aromatic heterocycles. The fraction of sp³-hybridized carbons (Fsp3) is 0.429. The van der Waals surface area contributed by atoms with Crippen molar-refractivity contribution in [2.24, 2.45) is 0 Å². The average Bonchev–Trinajstić information content (AvgIpc) is 2.42. The van der Waals surface area contributed by atoms with E-state index in [-0.39, 0.29) is 6.61 Å². The summed E-state index contributed by atoms with van der Waals surface area (Å²) in [4.78, 5) is 24.7. The van der Waals surface area contributed by atoms with E-state index in [1.807, 2.05) is 30.3 Å². The van der Waals surface area contributed by atoms with Gasteiger partial charge in [0.15, 0.2) is 0 Å². The summed E-state index contributed by atoms with van der Waals surface area (Å²) in [5.41, 5.74) is 0.843. The number of amides is 2. The SMILES string of the molecule is C[C@@H](O)[C@@H](NC(=O)OCc1ccccc1)C(=O)N(C)C. The minimum atomic E-state index is -1.02. The van der Waals surface area contributed by atoms with Crippen LogP contribution in [0.25, 0.3) is 0 Å². The Kier molecular flexibility index (Phi) is 5.99. The molecule has 20 heavy (non-hydrogen) atoms. The summed E-state index contributed by atoms with van der Waals surface area (Å²) in [7, 11) is 3.10. The Hall–Kier alpha value is -2.08. The molecule has 0 unspecified atom stereocenters. The first-order chi connectivity index (χ1) is 9.41. The van der Waals surface area contributed by atoms with Crippen molar-refractivity contribution in [1.29, 1.82) is 0 Å². The molecule has 1 rings (SSSR count). The number of nitrogens with zero attached hydrogens (tertiary/aromatic N) is 1. The van der Waals surface area contributed by atoms with E-state index in [0.717, 1.165) is 5.56 Å². The van der Waals surface area contributed by atoms with Gasteiger partial charge in [-0.15, -0.1) is 0 Å². The summed E-state index contributed by atoms with van der Waals surface area (Å²) in [6, 6.07) is 8.17.